The van der Waals surface area contributed by atoms with Crippen LogP contribution in [0.2, 0.25) is 0 Å². The minimum Gasteiger partial charge on any atom is -0.452 e. The van der Waals surface area contributed by atoms with Crippen LogP contribution in [0, 0.1) is 11.3 Å². The number of hydrogen-bond acceptors (Lipinski definition) is 7. The molecule has 0 atom stereocenters. The van der Waals surface area contributed by atoms with Crippen LogP contribution in [0.5, 0.6) is 0 Å². The zero-order chi connectivity index (χ0) is 20.1. The van der Waals surface area contributed by atoms with E-state index in [0.29, 0.717) is 16.1 Å². The van der Waals surface area contributed by atoms with Crippen LogP contribution in [0.3, 0.4) is 0 Å². The molecule has 4 amide bonds. The molecule has 2 N–H and O–H groups in total. The van der Waals surface area contributed by atoms with Gasteiger partial charge in [-0.1, -0.05) is 12.1 Å². The van der Waals surface area contributed by atoms with Crippen LogP contribution in [0.4, 0.5) is 9.80 Å². The van der Waals surface area contributed by atoms with Gasteiger partial charge in [0.1, 0.15) is 11.1 Å². The van der Waals surface area contributed by atoms with E-state index in [2.05, 4.69) is 10.6 Å². The van der Waals surface area contributed by atoms with Crippen molar-refractivity contribution in [3.63, 3.8) is 0 Å². The van der Waals surface area contributed by atoms with Crippen LogP contribution >= 0.6 is 11.3 Å². The lowest BCUT2D eigenvalue weighted by molar-refractivity contribution is -0.125. The van der Waals surface area contributed by atoms with Gasteiger partial charge in [0.2, 0.25) is 5.91 Å². The molecule has 0 saturated carbocycles. The van der Waals surface area contributed by atoms with Gasteiger partial charge < -0.3 is 15.4 Å². The van der Waals surface area contributed by atoms with Crippen LogP contribution < -0.4 is 10.6 Å². The Morgan fingerprint density at radius 2 is 2.14 bits per heavy atom. The molecule has 0 radical (unpaired) electrons. The monoisotopic (exact) mass is 398 g/mol. The third-order valence-electron chi connectivity index (χ3n) is 3.81. The number of nitriles is 1. The molecule has 1 aliphatic rings. The Kier molecular flexibility index (Phi) is 5.67. The number of urea groups is 1. The number of imide groups is 1. The number of ether oxygens (including phenoxy) is 1. The number of benzene rings is 1. The number of rotatable bonds is 6. The summed E-state index contributed by atoms with van der Waals surface area (Å²) in [5.74, 6) is -1.64. The molecule has 28 heavy (non-hydrogen) atoms. The van der Waals surface area contributed by atoms with E-state index >= 15 is 0 Å². The molecular weight excluding hydrogens is 384 g/mol. The highest BCUT2D eigenvalue weighted by Crippen LogP contribution is 2.21. The predicted octanol–water partition coefficient (Wildman–Crippen LogP) is 1.47. The summed E-state index contributed by atoms with van der Waals surface area (Å²) in [7, 11) is 0. The van der Waals surface area contributed by atoms with Crippen molar-refractivity contribution in [2.75, 3.05) is 18.5 Å². The van der Waals surface area contributed by atoms with Gasteiger partial charge in [0, 0.05) is 0 Å². The van der Waals surface area contributed by atoms with E-state index < -0.39 is 24.5 Å². The number of nitrogens with one attached hydrogen (secondary N) is 2. The lowest BCUT2D eigenvalue weighted by Crippen LogP contribution is -2.30. The number of hydrogen-bond donors (Lipinski definition) is 2. The minimum absolute atomic E-state index is 0.0294. The van der Waals surface area contributed by atoms with Crippen LogP contribution in [-0.4, -0.2) is 41.9 Å². The summed E-state index contributed by atoms with van der Waals surface area (Å²) in [6.45, 7) is -0.534. The van der Waals surface area contributed by atoms with E-state index in [9.17, 15) is 19.2 Å². The maximum absolute atomic E-state index is 12.2. The Hall–Kier alpha value is -3.71. The fourth-order valence-corrected chi connectivity index (χ4v) is 3.22. The number of anilines is 1. The van der Waals surface area contributed by atoms with Gasteiger partial charge in [-0.15, -0.1) is 11.3 Å². The number of thiophene rings is 1. The Balaban J connectivity index is 1.57. The Bertz CT molecular complexity index is 978. The average molecular weight is 398 g/mol. The van der Waals surface area contributed by atoms with Gasteiger partial charge in [0.25, 0.3) is 5.91 Å². The molecule has 0 aliphatic carbocycles. The van der Waals surface area contributed by atoms with Gasteiger partial charge in [-0.25, -0.2) is 9.59 Å². The first-order valence-corrected chi connectivity index (χ1v) is 8.97. The van der Waals surface area contributed by atoms with Crippen molar-refractivity contribution < 1.29 is 23.9 Å². The molecule has 1 aliphatic heterocycles. The molecule has 9 nitrogen and oxygen atoms in total. The summed E-state index contributed by atoms with van der Waals surface area (Å²) in [5.41, 5.74) is 1.09. The van der Waals surface area contributed by atoms with E-state index in [1.54, 1.807) is 23.6 Å². The fraction of sp³-hybridized carbons (Fsp3) is 0.167. The van der Waals surface area contributed by atoms with Crippen molar-refractivity contribution in [1.29, 1.82) is 5.26 Å². The molecule has 3 rings (SSSR count). The maximum Gasteiger partial charge on any atom is 0.338 e. The van der Waals surface area contributed by atoms with Crippen LogP contribution in [0.1, 0.15) is 21.5 Å². The number of amides is 4. The van der Waals surface area contributed by atoms with E-state index in [1.807, 2.05) is 6.07 Å². The second-order valence-electron chi connectivity index (χ2n) is 5.74. The highest BCUT2D eigenvalue weighted by molar-refractivity contribution is 7.14. The molecule has 0 spiro atoms. The quantitative estimate of drug-likeness (QED) is 0.560. The zero-order valence-corrected chi connectivity index (χ0v) is 15.2. The summed E-state index contributed by atoms with van der Waals surface area (Å²) in [5, 5.41) is 15.9. The molecule has 1 aromatic carbocycles. The van der Waals surface area contributed by atoms with Crippen molar-refractivity contribution in [2.24, 2.45) is 0 Å². The van der Waals surface area contributed by atoms with Crippen molar-refractivity contribution in [3.05, 3.63) is 52.4 Å². The summed E-state index contributed by atoms with van der Waals surface area (Å²) < 4.78 is 4.99. The molecule has 2 aromatic rings. The predicted molar refractivity (Wildman–Crippen MR) is 98.3 cm³/mol. The van der Waals surface area contributed by atoms with Gasteiger partial charge >= 0.3 is 12.0 Å². The Labute approximate surface area is 163 Å². The number of esters is 1. The average Bonchev–Trinajstić information content (AvgIpc) is 3.27. The molecule has 2 heterocycles. The van der Waals surface area contributed by atoms with Gasteiger partial charge in [0.15, 0.2) is 6.61 Å². The van der Waals surface area contributed by atoms with Crippen LogP contribution in [0.25, 0.3) is 0 Å². The van der Waals surface area contributed by atoms with E-state index in [0.717, 1.165) is 4.90 Å². The molecule has 1 fully saturated rings. The molecule has 0 bridgehead atoms. The highest BCUT2D eigenvalue weighted by atomic mass is 32.1. The maximum atomic E-state index is 12.2. The van der Waals surface area contributed by atoms with Crippen molar-refractivity contribution in [2.45, 2.75) is 6.54 Å². The fourth-order valence-electron chi connectivity index (χ4n) is 2.47. The number of carbonyl (C=O) groups excluding carboxylic acids is 4. The Morgan fingerprint density at radius 1 is 1.32 bits per heavy atom. The topological polar surface area (TPSA) is 129 Å². The third-order valence-corrected chi connectivity index (χ3v) is 4.64. The summed E-state index contributed by atoms with van der Waals surface area (Å²) >= 11 is 1.19. The lowest BCUT2D eigenvalue weighted by Gasteiger charge is -2.13. The summed E-state index contributed by atoms with van der Waals surface area (Å²) in [6, 6.07) is 9.29. The molecule has 0 unspecified atom stereocenters. The lowest BCUT2D eigenvalue weighted by atomic mass is 10.1. The summed E-state index contributed by atoms with van der Waals surface area (Å²) in [6.07, 6.45) is 0. The van der Waals surface area contributed by atoms with E-state index in [1.165, 1.54) is 23.5 Å². The highest BCUT2D eigenvalue weighted by Gasteiger charge is 2.28. The number of carbonyl (C=O) groups is 4. The minimum atomic E-state index is -0.721. The molecular formula is C18H14N4O5S. The first-order chi connectivity index (χ1) is 13.5. The second kappa shape index (κ2) is 8.32. The number of nitrogens with zero attached hydrogens (tertiary/aromatic N) is 2. The normalized spacial score (nSPS) is 13.0. The largest absolute Gasteiger partial charge is 0.452 e. The van der Waals surface area contributed by atoms with Gasteiger partial charge in [-0.2, -0.15) is 5.26 Å². The van der Waals surface area contributed by atoms with Gasteiger partial charge in [0.05, 0.1) is 24.2 Å². The van der Waals surface area contributed by atoms with Crippen molar-refractivity contribution in [3.8, 4) is 6.07 Å². The third kappa shape index (κ3) is 4.33. The van der Waals surface area contributed by atoms with E-state index in [4.69, 9.17) is 10.00 Å². The molecule has 1 saturated heterocycles. The van der Waals surface area contributed by atoms with Crippen LogP contribution in [0.15, 0.2) is 35.7 Å². The molecule has 10 heteroatoms. The Morgan fingerprint density at radius 3 is 2.86 bits per heavy atom. The first kappa shape index (κ1) is 19.1. The van der Waals surface area contributed by atoms with Gasteiger partial charge in [-0.05, 0) is 29.1 Å². The van der Waals surface area contributed by atoms with E-state index in [-0.39, 0.29) is 24.6 Å². The van der Waals surface area contributed by atoms with Gasteiger partial charge in [-0.3, -0.25) is 14.5 Å². The van der Waals surface area contributed by atoms with Crippen molar-refractivity contribution >= 4 is 40.2 Å². The van der Waals surface area contributed by atoms with Crippen LogP contribution in [-0.2, 0) is 20.9 Å². The molecule has 142 valence electrons. The smallest absolute Gasteiger partial charge is 0.338 e. The summed E-state index contributed by atoms with van der Waals surface area (Å²) in [4.78, 5) is 48.4. The SMILES string of the molecule is N#Cc1ccsc1NC(=O)COC(=O)c1cccc(CN2C(=O)CNC2=O)c1. The van der Waals surface area contributed by atoms with Crippen molar-refractivity contribution in [1.82, 2.24) is 10.2 Å². The zero-order valence-electron chi connectivity index (χ0n) is 14.4. The molecule has 1 aromatic heterocycles. The first-order valence-electron chi connectivity index (χ1n) is 8.09. The standard InChI is InChI=1S/C18H14N4O5S/c19-7-13-4-5-28-16(13)21-14(23)10-27-17(25)12-3-1-2-11(6-12)9-22-15(24)8-20-18(22)26/h1-6H,8-10H2,(H,20,26)(H,21,23). The second-order valence-corrected chi connectivity index (χ2v) is 6.65.